The lowest BCUT2D eigenvalue weighted by atomic mass is 10.1. The van der Waals surface area contributed by atoms with Crippen molar-refractivity contribution in [3.63, 3.8) is 0 Å². The van der Waals surface area contributed by atoms with E-state index in [1.165, 1.54) is 12.8 Å². The van der Waals surface area contributed by atoms with Crippen LogP contribution in [0.15, 0.2) is 24.3 Å². The molecule has 0 aliphatic carbocycles. The van der Waals surface area contributed by atoms with E-state index >= 15 is 0 Å². The number of nitrogens with zero attached hydrogens (tertiary/aromatic N) is 5. The second-order valence-corrected chi connectivity index (χ2v) is 7.76. The quantitative estimate of drug-likeness (QED) is 0.833. The minimum absolute atomic E-state index is 0.0302. The Morgan fingerprint density at radius 1 is 1.25 bits per heavy atom. The first kappa shape index (κ1) is 18.9. The van der Waals surface area contributed by atoms with Crippen molar-refractivity contribution in [2.45, 2.75) is 24.9 Å². The normalized spacial score (nSPS) is 22.5. The van der Waals surface area contributed by atoms with E-state index in [1.807, 2.05) is 50.3 Å². The van der Waals surface area contributed by atoms with Crippen LogP contribution < -0.4 is 10.2 Å². The Morgan fingerprint density at radius 2 is 2.04 bits per heavy atom. The fourth-order valence-corrected chi connectivity index (χ4v) is 4.05. The summed E-state index contributed by atoms with van der Waals surface area (Å²) in [5, 5.41) is 7.65. The van der Waals surface area contributed by atoms with E-state index in [-0.39, 0.29) is 18.0 Å². The number of anilines is 1. The molecule has 2 aromatic rings. The third kappa shape index (κ3) is 3.74. The van der Waals surface area contributed by atoms with Crippen LogP contribution in [-0.2, 0) is 11.8 Å². The lowest BCUT2D eigenvalue weighted by molar-refractivity contribution is 0.0916. The molecule has 8 nitrogen and oxygen atoms in total. The van der Waals surface area contributed by atoms with Gasteiger partial charge in [-0.3, -0.25) is 9.69 Å². The average molecular weight is 384 g/mol. The van der Waals surface area contributed by atoms with E-state index in [1.54, 1.807) is 4.68 Å². The molecule has 150 valence electrons. The van der Waals surface area contributed by atoms with Crippen molar-refractivity contribution < 1.29 is 9.53 Å². The second kappa shape index (κ2) is 7.89. The van der Waals surface area contributed by atoms with E-state index in [2.05, 4.69) is 20.3 Å². The predicted molar refractivity (Wildman–Crippen MR) is 107 cm³/mol. The Labute approximate surface area is 165 Å². The molecule has 0 radical (unpaired) electrons. The Balaban J connectivity index is 1.49. The smallest absolute Gasteiger partial charge is 0.251 e. The number of hydrogen-bond donors (Lipinski definition) is 1. The fraction of sp³-hybridized carbons (Fsp3) is 0.550. The number of aryl methyl sites for hydroxylation is 1. The van der Waals surface area contributed by atoms with Crippen LogP contribution >= 0.6 is 0 Å². The molecule has 2 saturated heterocycles. The molecule has 2 aliphatic heterocycles. The maximum absolute atomic E-state index is 12.9. The first-order valence-corrected chi connectivity index (χ1v) is 9.84. The maximum Gasteiger partial charge on any atom is 0.251 e. The minimum Gasteiger partial charge on any atom is -0.378 e. The minimum atomic E-state index is -0.0784. The van der Waals surface area contributed by atoms with Gasteiger partial charge < -0.3 is 15.0 Å². The van der Waals surface area contributed by atoms with Gasteiger partial charge in [0.1, 0.15) is 0 Å². The van der Waals surface area contributed by atoms with Gasteiger partial charge in [-0.2, -0.15) is 4.98 Å². The Morgan fingerprint density at radius 3 is 2.75 bits per heavy atom. The lowest BCUT2D eigenvalue weighted by Crippen LogP contribution is -2.50. The van der Waals surface area contributed by atoms with Crippen LogP contribution in [0.3, 0.4) is 0 Å². The highest BCUT2D eigenvalue weighted by Crippen LogP contribution is 2.22. The second-order valence-electron chi connectivity index (χ2n) is 7.76. The zero-order chi connectivity index (χ0) is 19.7. The van der Waals surface area contributed by atoms with E-state index in [9.17, 15) is 4.79 Å². The van der Waals surface area contributed by atoms with Crippen molar-refractivity contribution >= 4 is 11.9 Å². The summed E-state index contributed by atoms with van der Waals surface area (Å²) in [6.07, 6.45) is 2.45. The van der Waals surface area contributed by atoms with Crippen molar-refractivity contribution in [1.29, 1.82) is 0 Å². The SMILES string of the molecule is CN(C)c1nc(-c2cccc(C(=O)N[C@H]3COC[C@@H]3N3CCCC3)c2)nn1C. The van der Waals surface area contributed by atoms with Gasteiger partial charge in [0.05, 0.1) is 25.3 Å². The first-order valence-electron chi connectivity index (χ1n) is 9.84. The van der Waals surface area contributed by atoms with Crippen molar-refractivity contribution in [2.24, 2.45) is 7.05 Å². The van der Waals surface area contributed by atoms with Crippen LogP contribution in [0.4, 0.5) is 5.95 Å². The van der Waals surface area contributed by atoms with Crippen LogP contribution in [0.2, 0.25) is 0 Å². The highest BCUT2D eigenvalue weighted by atomic mass is 16.5. The summed E-state index contributed by atoms with van der Waals surface area (Å²) in [7, 11) is 5.72. The summed E-state index contributed by atoms with van der Waals surface area (Å²) in [6.45, 7) is 3.45. The van der Waals surface area contributed by atoms with E-state index in [0.717, 1.165) is 24.6 Å². The molecule has 3 heterocycles. The monoisotopic (exact) mass is 384 g/mol. The van der Waals surface area contributed by atoms with E-state index in [4.69, 9.17) is 4.74 Å². The van der Waals surface area contributed by atoms with Crippen LogP contribution in [0, 0.1) is 0 Å². The molecule has 0 saturated carbocycles. The third-order valence-corrected chi connectivity index (χ3v) is 5.50. The van der Waals surface area contributed by atoms with Gasteiger partial charge in [0.15, 0.2) is 5.82 Å². The molecule has 4 rings (SSSR count). The molecule has 1 N–H and O–H groups in total. The number of likely N-dealkylation sites (tertiary alicyclic amines) is 1. The number of carbonyl (C=O) groups is 1. The van der Waals surface area contributed by atoms with E-state index in [0.29, 0.717) is 24.6 Å². The predicted octanol–water partition coefficient (Wildman–Crippen LogP) is 1.14. The van der Waals surface area contributed by atoms with E-state index < -0.39 is 0 Å². The van der Waals surface area contributed by atoms with Crippen LogP contribution in [0.1, 0.15) is 23.2 Å². The molecule has 0 bridgehead atoms. The maximum atomic E-state index is 12.9. The van der Waals surface area contributed by atoms with Crippen molar-refractivity contribution in [3.8, 4) is 11.4 Å². The van der Waals surface area contributed by atoms with Gasteiger partial charge in [-0.25, -0.2) is 4.68 Å². The third-order valence-electron chi connectivity index (χ3n) is 5.50. The number of rotatable bonds is 5. The van der Waals surface area contributed by atoms with Gasteiger partial charge in [0.2, 0.25) is 5.95 Å². The summed E-state index contributed by atoms with van der Waals surface area (Å²) in [5.41, 5.74) is 1.44. The Hall–Kier alpha value is -2.45. The summed E-state index contributed by atoms with van der Waals surface area (Å²) < 4.78 is 7.40. The van der Waals surface area contributed by atoms with Crippen LogP contribution in [-0.4, -0.2) is 78.1 Å². The molecule has 1 aromatic heterocycles. The first-order chi connectivity index (χ1) is 13.5. The molecular formula is C20H28N6O2. The molecule has 1 amide bonds. The zero-order valence-electron chi connectivity index (χ0n) is 16.8. The number of hydrogen-bond acceptors (Lipinski definition) is 6. The number of amides is 1. The summed E-state index contributed by atoms with van der Waals surface area (Å²) in [6, 6.07) is 7.79. The number of ether oxygens (including phenoxy) is 1. The van der Waals surface area contributed by atoms with Gasteiger partial charge in [-0.15, -0.1) is 5.10 Å². The zero-order valence-corrected chi connectivity index (χ0v) is 16.8. The van der Waals surface area contributed by atoms with Crippen LogP contribution in [0.5, 0.6) is 0 Å². The standard InChI is InChI=1S/C20H28N6O2/c1-24(2)20-22-18(23-25(20)3)14-7-6-8-15(11-14)19(27)21-16-12-28-13-17(16)26-9-4-5-10-26/h6-8,11,16-17H,4-5,9-10,12-13H2,1-3H3,(H,21,27)/t16-,17-/m0/s1. The average Bonchev–Trinajstić information content (AvgIpc) is 3.41. The molecule has 28 heavy (non-hydrogen) atoms. The molecule has 2 fully saturated rings. The van der Waals surface area contributed by atoms with Gasteiger partial charge in [-0.1, -0.05) is 12.1 Å². The number of benzene rings is 1. The molecule has 1 aromatic carbocycles. The number of nitrogens with one attached hydrogen (secondary N) is 1. The van der Waals surface area contributed by atoms with Crippen molar-refractivity contribution in [1.82, 2.24) is 25.0 Å². The number of aromatic nitrogens is 3. The molecular weight excluding hydrogens is 356 g/mol. The van der Waals surface area contributed by atoms with Crippen molar-refractivity contribution in [3.05, 3.63) is 29.8 Å². The number of carbonyl (C=O) groups excluding carboxylic acids is 1. The fourth-order valence-electron chi connectivity index (χ4n) is 4.05. The Kier molecular flexibility index (Phi) is 5.32. The summed E-state index contributed by atoms with van der Waals surface area (Å²) in [5.74, 6) is 1.30. The summed E-state index contributed by atoms with van der Waals surface area (Å²) in [4.78, 5) is 21.8. The molecule has 8 heteroatoms. The summed E-state index contributed by atoms with van der Waals surface area (Å²) >= 11 is 0. The van der Waals surface area contributed by atoms with Gasteiger partial charge in [0.25, 0.3) is 5.91 Å². The molecule has 0 unspecified atom stereocenters. The Bertz CT molecular complexity index is 843. The highest BCUT2D eigenvalue weighted by molar-refractivity contribution is 5.95. The topological polar surface area (TPSA) is 75.5 Å². The van der Waals surface area contributed by atoms with Crippen LogP contribution in [0.25, 0.3) is 11.4 Å². The van der Waals surface area contributed by atoms with Gasteiger partial charge >= 0.3 is 0 Å². The molecule has 0 spiro atoms. The lowest BCUT2D eigenvalue weighted by Gasteiger charge is -2.27. The highest BCUT2D eigenvalue weighted by Gasteiger charge is 2.35. The van der Waals surface area contributed by atoms with Crippen molar-refractivity contribution in [2.75, 3.05) is 45.3 Å². The van der Waals surface area contributed by atoms with Gasteiger partial charge in [0, 0.05) is 32.3 Å². The largest absolute Gasteiger partial charge is 0.378 e. The molecule has 2 aliphatic rings. The van der Waals surface area contributed by atoms with Gasteiger partial charge in [-0.05, 0) is 38.1 Å². The molecule has 2 atom stereocenters.